The molecule has 0 radical (unpaired) electrons. The lowest BCUT2D eigenvalue weighted by Crippen LogP contribution is -2.12. The normalized spacial score (nSPS) is 11.8. The second-order valence-corrected chi connectivity index (χ2v) is 6.16. The number of aromatic amines is 1. The number of nitrogens with zero attached hydrogens (tertiary/aromatic N) is 1. The van der Waals surface area contributed by atoms with Crippen LogP contribution < -0.4 is 5.32 Å². The molecule has 2 rings (SSSR count). The molecule has 2 N–H and O–H groups in total. The van der Waals surface area contributed by atoms with E-state index in [0.29, 0.717) is 4.32 Å². The van der Waals surface area contributed by atoms with E-state index in [0.717, 1.165) is 22.5 Å². The molecule has 0 spiro atoms. The SMILES string of the molecule is CC(C)(C)c1nc2ccc(NC(=S)S)cc2[nH]1. The van der Waals surface area contributed by atoms with Crippen molar-refractivity contribution in [1.82, 2.24) is 9.97 Å². The highest BCUT2D eigenvalue weighted by atomic mass is 32.1. The Balaban J connectivity index is 2.44. The number of imidazole rings is 1. The molecule has 0 aliphatic carbocycles. The third-order valence-electron chi connectivity index (χ3n) is 2.44. The molecule has 17 heavy (non-hydrogen) atoms. The van der Waals surface area contributed by atoms with E-state index >= 15 is 0 Å². The molecule has 0 aliphatic rings. The maximum absolute atomic E-state index is 4.89. The summed E-state index contributed by atoms with van der Waals surface area (Å²) in [6.45, 7) is 6.40. The number of nitrogens with one attached hydrogen (secondary N) is 2. The van der Waals surface area contributed by atoms with Crippen LogP contribution in [0.25, 0.3) is 11.0 Å². The van der Waals surface area contributed by atoms with Gasteiger partial charge in [0.05, 0.1) is 11.0 Å². The van der Waals surface area contributed by atoms with Gasteiger partial charge in [-0.05, 0) is 18.2 Å². The Morgan fingerprint density at radius 3 is 2.71 bits per heavy atom. The van der Waals surface area contributed by atoms with Crippen LogP contribution in [0.15, 0.2) is 18.2 Å². The van der Waals surface area contributed by atoms with Crippen LogP contribution in [-0.2, 0) is 5.41 Å². The Morgan fingerprint density at radius 2 is 2.12 bits per heavy atom. The van der Waals surface area contributed by atoms with Crippen LogP contribution in [0.2, 0.25) is 0 Å². The van der Waals surface area contributed by atoms with Crippen molar-refractivity contribution in [3.63, 3.8) is 0 Å². The highest BCUT2D eigenvalue weighted by Gasteiger charge is 2.18. The smallest absolute Gasteiger partial charge is 0.135 e. The summed E-state index contributed by atoms with van der Waals surface area (Å²) in [6.07, 6.45) is 0. The summed E-state index contributed by atoms with van der Waals surface area (Å²) in [4.78, 5) is 7.90. The summed E-state index contributed by atoms with van der Waals surface area (Å²) in [6, 6.07) is 5.90. The number of anilines is 1. The molecule has 0 saturated heterocycles. The third kappa shape index (κ3) is 2.79. The van der Waals surface area contributed by atoms with Crippen LogP contribution in [0.4, 0.5) is 5.69 Å². The van der Waals surface area contributed by atoms with Crippen LogP contribution in [0.5, 0.6) is 0 Å². The van der Waals surface area contributed by atoms with Gasteiger partial charge in [0.1, 0.15) is 10.1 Å². The first kappa shape index (κ1) is 12.4. The van der Waals surface area contributed by atoms with Crippen molar-refractivity contribution in [2.75, 3.05) is 5.32 Å². The first-order valence-corrected chi connectivity index (χ1v) is 6.22. The molecule has 0 atom stereocenters. The van der Waals surface area contributed by atoms with Gasteiger partial charge in [0, 0.05) is 11.1 Å². The Bertz CT molecular complexity index is 567. The minimum absolute atomic E-state index is 0.0193. The molecule has 0 unspecified atom stereocenters. The summed E-state index contributed by atoms with van der Waals surface area (Å²) in [5.74, 6) is 0.984. The van der Waals surface area contributed by atoms with Gasteiger partial charge >= 0.3 is 0 Å². The fourth-order valence-corrected chi connectivity index (χ4v) is 1.81. The van der Waals surface area contributed by atoms with E-state index < -0.39 is 0 Å². The average molecular weight is 265 g/mol. The maximum atomic E-state index is 4.89. The largest absolute Gasteiger partial charge is 0.341 e. The van der Waals surface area contributed by atoms with E-state index in [1.807, 2.05) is 18.2 Å². The third-order valence-corrected chi connectivity index (χ3v) is 2.66. The predicted molar refractivity (Wildman–Crippen MR) is 80.0 cm³/mol. The highest BCUT2D eigenvalue weighted by molar-refractivity contribution is 8.11. The molecule has 0 fully saturated rings. The Hall–Kier alpha value is -1.07. The maximum Gasteiger partial charge on any atom is 0.135 e. The van der Waals surface area contributed by atoms with Crippen LogP contribution in [0, 0.1) is 0 Å². The van der Waals surface area contributed by atoms with Gasteiger partial charge in [-0.1, -0.05) is 33.0 Å². The van der Waals surface area contributed by atoms with E-state index in [-0.39, 0.29) is 5.41 Å². The Labute approximate surface area is 111 Å². The summed E-state index contributed by atoms with van der Waals surface area (Å²) in [7, 11) is 0. The first-order chi connectivity index (χ1) is 7.86. The number of hydrogen-bond acceptors (Lipinski definition) is 2. The van der Waals surface area contributed by atoms with Crippen molar-refractivity contribution in [1.29, 1.82) is 0 Å². The van der Waals surface area contributed by atoms with Crippen LogP contribution in [0.1, 0.15) is 26.6 Å². The lowest BCUT2D eigenvalue weighted by Gasteiger charge is -2.13. The minimum atomic E-state index is 0.0193. The van der Waals surface area contributed by atoms with Crippen molar-refractivity contribution < 1.29 is 0 Å². The molecule has 1 aromatic carbocycles. The zero-order chi connectivity index (χ0) is 12.6. The van der Waals surface area contributed by atoms with Crippen molar-refractivity contribution >= 4 is 45.9 Å². The van der Waals surface area contributed by atoms with Gasteiger partial charge in [-0.2, -0.15) is 0 Å². The molecule has 2 aromatic rings. The molecule has 1 aromatic heterocycles. The predicted octanol–water partition coefficient (Wildman–Crippen LogP) is 3.49. The Kier molecular flexibility index (Phi) is 3.14. The number of hydrogen-bond donors (Lipinski definition) is 3. The fourth-order valence-electron chi connectivity index (χ4n) is 1.57. The van der Waals surface area contributed by atoms with Gasteiger partial charge < -0.3 is 10.3 Å². The molecule has 0 aliphatic heterocycles. The number of fused-ring (bicyclic) bond motifs is 1. The summed E-state index contributed by atoms with van der Waals surface area (Å²) >= 11 is 8.94. The van der Waals surface area contributed by atoms with Crippen LogP contribution in [-0.4, -0.2) is 14.3 Å². The minimum Gasteiger partial charge on any atom is -0.341 e. The van der Waals surface area contributed by atoms with E-state index in [1.165, 1.54) is 0 Å². The van der Waals surface area contributed by atoms with E-state index in [9.17, 15) is 0 Å². The molecule has 90 valence electrons. The number of thiol groups is 1. The zero-order valence-corrected chi connectivity index (χ0v) is 11.7. The molecule has 1 heterocycles. The summed E-state index contributed by atoms with van der Waals surface area (Å²) in [5.41, 5.74) is 2.91. The lowest BCUT2D eigenvalue weighted by molar-refractivity contribution is 0.554. The quantitative estimate of drug-likeness (QED) is 0.546. The van der Waals surface area contributed by atoms with Crippen LogP contribution >= 0.6 is 24.8 Å². The standard InChI is InChI=1S/C12H15N3S2/c1-12(2,3)10-14-8-5-4-7(13-11(16)17)6-9(8)15-10/h4-6H,1-3H3,(H,14,15)(H2,13,16,17). The van der Waals surface area contributed by atoms with Crippen molar-refractivity contribution in [3.8, 4) is 0 Å². The van der Waals surface area contributed by atoms with Crippen LogP contribution in [0.3, 0.4) is 0 Å². The number of rotatable bonds is 1. The molecule has 0 amide bonds. The molecule has 0 saturated carbocycles. The number of benzene rings is 1. The van der Waals surface area contributed by atoms with Gasteiger partial charge in [0.2, 0.25) is 0 Å². The van der Waals surface area contributed by atoms with Crippen molar-refractivity contribution in [2.24, 2.45) is 0 Å². The first-order valence-electron chi connectivity index (χ1n) is 5.36. The molecule has 5 heteroatoms. The highest BCUT2D eigenvalue weighted by Crippen LogP contribution is 2.24. The number of aromatic nitrogens is 2. The van der Waals surface area contributed by atoms with Crippen molar-refractivity contribution in [2.45, 2.75) is 26.2 Å². The van der Waals surface area contributed by atoms with Gasteiger partial charge in [-0.15, -0.1) is 12.6 Å². The van der Waals surface area contributed by atoms with Gasteiger partial charge in [-0.3, -0.25) is 0 Å². The fraction of sp³-hybridized carbons (Fsp3) is 0.333. The summed E-state index contributed by atoms with van der Waals surface area (Å²) in [5, 5.41) is 2.99. The zero-order valence-electron chi connectivity index (χ0n) is 10.0. The topological polar surface area (TPSA) is 40.7 Å². The van der Waals surface area contributed by atoms with E-state index in [2.05, 4.69) is 48.7 Å². The van der Waals surface area contributed by atoms with E-state index in [4.69, 9.17) is 12.2 Å². The molecule has 0 bridgehead atoms. The number of thiocarbonyl (C=S) groups is 1. The molecular weight excluding hydrogens is 250 g/mol. The Morgan fingerprint density at radius 1 is 1.41 bits per heavy atom. The second kappa shape index (κ2) is 4.31. The summed E-state index contributed by atoms with van der Waals surface area (Å²) < 4.78 is 0.458. The van der Waals surface area contributed by atoms with Gasteiger partial charge in [0.15, 0.2) is 0 Å². The monoisotopic (exact) mass is 265 g/mol. The molecular formula is C12H15N3S2. The lowest BCUT2D eigenvalue weighted by atomic mass is 9.96. The second-order valence-electron chi connectivity index (χ2n) is 5.00. The average Bonchev–Trinajstić information content (AvgIpc) is 2.58. The van der Waals surface area contributed by atoms with Gasteiger partial charge in [0.25, 0.3) is 0 Å². The molecule has 3 nitrogen and oxygen atoms in total. The van der Waals surface area contributed by atoms with Crippen molar-refractivity contribution in [3.05, 3.63) is 24.0 Å². The van der Waals surface area contributed by atoms with E-state index in [1.54, 1.807) is 0 Å². The van der Waals surface area contributed by atoms with Gasteiger partial charge in [-0.25, -0.2) is 4.98 Å². The number of H-pyrrole nitrogens is 1.